The lowest BCUT2D eigenvalue weighted by Gasteiger charge is -2.50. The fraction of sp³-hybridized carbons (Fsp3) is 0.955. The maximum atomic E-state index is 14.5. The predicted molar refractivity (Wildman–Crippen MR) is 195 cm³/mol. The molecule has 0 spiro atoms. The maximum absolute atomic E-state index is 14.5. The van der Waals surface area contributed by atoms with Gasteiger partial charge in [-0.1, -0.05) is 168 Å². The van der Waals surface area contributed by atoms with Crippen molar-refractivity contribution in [2.45, 2.75) is 206 Å². The predicted octanol–water partition coefficient (Wildman–Crippen LogP) is 13.1. The number of fused-ring (bicyclic) bond motifs is 6. The zero-order valence-corrected chi connectivity index (χ0v) is 30.8. The van der Waals surface area contributed by atoms with Crippen LogP contribution in [0, 0.1) is 59.2 Å². The van der Waals surface area contributed by atoms with Gasteiger partial charge in [0.1, 0.15) is 11.6 Å². The summed E-state index contributed by atoms with van der Waals surface area (Å²) in [5, 5.41) is 0. The van der Waals surface area contributed by atoms with Crippen LogP contribution in [0.1, 0.15) is 206 Å². The Morgan fingerprint density at radius 1 is 0.413 bits per heavy atom. The molecule has 0 saturated heterocycles. The number of unbranched alkanes of at least 4 members (excludes halogenated alkanes) is 18. The number of rotatable bonds is 22. The Kier molecular flexibility index (Phi) is 15.5. The van der Waals surface area contributed by atoms with E-state index in [4.69, 9.17) is 0 Å². The van der Waals surface area contributed by atoms with Gasteiger partial charge in [0.15, 0.2) is 0 Å². The molecular formula is C44H76O2. The van der Waals surface area contributed by atoms with E-state index in [1.807, 2.05) is 0 Å². The molecule has 0 N–H and O–H groups in total. The monoisotopic (exact) mass is 637 g/mol. The van der Waals surface area contributed by atoms with Crippen molar-refractivity contribution in [2.24, 2.45) is 59.2 Å². The summed E-state index contributed by atoms with van der Waals surface area (Å²) in [5.74, 6) is 5.99. The molecule has 10 unspecified atom stereocenters. The van der Waals surface area contributed by atoms with Gasteiger partial charge in [-0.05, 0) is 74.0 Å². The van der Waals surface area contributed by atoms with Gasteiger partial charge in [0.2, 0.25) is 0 Å². The van der Waals surface area contributed by atoms with Crippen molar-refractivity contribution < 1.29 is 9.59 Å². The Morgan fingerprint density at radius 3 is 1.07 bits per heavy atom. The van der Waals surface area contributed by atoms with Crippen molar-refractivity contribution in [3.63, 3.8) is 0 Å². The van der Waals surface area contributed by atoms with E-state index >= 15 is 0 Å². The minimum Gasteiger partial charge on any atom is -0.299 e. The average Bonchev–Trinajstić information content (AvgIpc) is 3.55. The van der Waals surface area contributed by atoms with E-state index in [1.54, 1.807) is 0 Å². The van der Waals surface area contributed by atoms with Crippen LogP contribution in [0.3, 0.4) is 0 Å². The molecule has 5 aliphatic carbocycles. The first-order valence-electron chi connectivity index (χ1n) is 21.8. The van der Waals surface area contributed by atoms with Crippen LogP contribution in [0.15, 0.2) is 0 Å². The summed E-state index contributed by atoms with van der Waals surface area (Å²) in [5.41, 5.74) is 0. The van der Waals surface area contributed by atoms with Crippen molar-refractivity contribution in [1.82, 2.24) is 0 Å². The molecule has 0 radical (unpaired) electrons. The van der Waals surface area contributed by atoms with Gasteiger partial charge in [-0.15, -0.1) is 0 Å². The maximum Gasteiger partial charge on any atom is 0.139 e. The van der Waals surface area contributed by atoms with Gasteiger partial charge in [0.25, 0.3) is 0 Å². The summed E-state index contributed by atoms with van der Waals surface area (Å²) >= 11 is 0. The van der Waals surface area contributed by atoms with E-state index in [0.29, 0.717) is 70.7 Å². The molecule has 0 bridgehead atoms. The molecule has 0 aromatic carbocycles. The van der Waals surface area contributed by atoms with Crippen LogP contribution in [-0.4, -0.2) is 11.6 Å². The van der Waals surface area contributed by atoms with Gasteiger partial charge in [-0.25, -0.2) is 0 Å². The van der Waals surface area contributed by atoms with E-state index in [-0.39, 0.29) is 0 Å². The highest BCUT2D eigenvalue weighted by molar-refractivity contribution is 5.90. The van der Waals surface area contributed by atoms with Gasteiger partial charge >= 0.3 is 0 Å². The highest BCUT2D eigenvalue weighted by atomic mass is 16.1. The van der Waals surface area contributed by atoms with E-state index in [1.165, 1.54) is 180 Å². The highest BCUT2D eigenvalue weighted by Crippen LogP contribution is 2.66. The molecule has 46 heavy (non-hydrogen) atoms. The summed E-state index contributed by atoms with van der Waals surface area (Å²) < 4.78 is 0. The lowest BCUT2D eigenvalue weighted by molar-refractivity contribution is -0.136. The Labute approximate surface area is 286 Å². The Balaban J connectivity index is 1.23. The largest absolute Gasteiger partial charge is 0.299 e. The standard InChI is InChI=1S/C44H76O2/c1-3-5-7-9-11-13-15-17-19-21-31-37-39-33-27-23-25-29-35(33)44(46)42(39)38(32-22-20-18-16-14-12-10-8-6-4-2)40-34-28-24-26-30-36(34)43(45)41(37)40/h33-42H,3-32H2,1-2H3. The molecule has 0 aliphatic heterocycles. The smallest absolute Gasteiger partial charge is 0.139 e. The zero-order valence-electron chi connectivity index (χ0n) is 30.8. The normalized spacial score (nSPS) is 35.2. The summed E-state index contributed by atoms with van der Waals surface area (Å²) in [6.07, 6.45) is 40.1. The molecule has 264 valence electrons. The molecular weight excluding hydrogens is 560 g/mol. The van der Waals surface area contributed by atoms with Crippen molar-refractivity contribution in [3.8, 4) is 0 Å². The first-order chi connectivity index (χ1) is 22.7. The van der Waals surface area contributed by atoms with Gasteiger partial charge in [-0.3, -0.25) is 9.59 Å². The summed E-state index contributed by atoms with van der Waals surface area (Å²) in [6, 6.07) is 0. The summed E-state index contributed by atoms with van der Waals surface area (Å²) in [6.45, 7) is 4.61. The second-order valence-corrected chi connectivity index (χ2v) is 17.4. The van der Waals surface area contributed by atoms with Gasteiger partial charge in [-0.2, -0.15) is 0 Å². The number of hydrogen-bond donors (Lipinski definition) is 0. The van der Waals surface area contributed by atoms with Crippen LogP contribution in [-0.2, 0) is 9.59 Å². The van der Waals surface area contributed by atoms with E-state index in [2.05, 4.69) is 13.8 Å². The van der Waals surface area contributed by atoms with Crippen LogP contribution in [0.4, 0.5) is 0 Å². The van der Waals surface area contributed by atoms with Crippen molar-refractivity contribution >= 4 is 11.6 Å². The van der Waals surface area contributed by atoms with Crippen LogP contribution in [0.25, 0.3) is 0 Å². The molecule has 10 atom stereocenters. The number of carbonyl (C=O) groups excluding carboxylic acids is 2. The quantitative estimate of drug-likeness (QED) is 0.111. The molecule has 0 aromatic rings. The fourth-order valence-corrected chi connectivity index (χ4v) is 12.5. The molecule has 2 nitrogen and oxygen atoms in total. The molecule has 0 aromatic heterocycles. The first kappa shape index (κ1) is 36.6. The third kappa shape index (κ3) is 8.92. The van der Waals surface area contributed by atoms with Crippen molar-refractivity contribution in [1.29, 1.82) is 0 Å². The zero-order chi connectivity index (χ0) is 32.1. The number of ketones is 2. The van der Waals surface area contributed by atoms with Crippen LogP contribution >= 0.6 is 0 Å². The lowest BCUT2D eigenvalue weighted by Crippen LogP contribution is -2.48. The summed E-state index contributed by atoms with van der Waals surface area (Å²) in [4.78, 5) is 29.0. The molecule has 0 amide bonds. The molecule has 5 rings (SSSR count). The third-order valence-electron chi connectivity index (χ3n) is 14.5. The van der Waals surface area contributed by atoms with Gasteiger partial charge < -0.3 is 0 Å². The minimum atomic E-state index is 0.300. The molecule has 5 aliphatic rings. The number of Topliss-reactive ketones (excluding diaryl/α,β-unsaturated/α-hetero) is 2. The molecule has 5 saturated carbocycles. The second-order valence-electron chi connectivity index (χ2n) is 17.4. The molecule has 5 fully saturated rings. The number of hydrogen-bond acceptors (Lipinski definition) is 2. The van der Waals surface area contributed by atoms with E-state index in [0.717, 1.165) is 12.8 Å². The Morgan fingerprint density at radius 2 is 0.717 bits per heavy atom. The van der Waals surface area contributed by atoms with Crippen molar-refractivity contribution in [2.75, 3.05) is 0 Å². The summed E-state index contributed by atoms with van der Waals surface area (Å²) in [7, 11) is 0. The molecule has 0 heterocycles. The lowest BCUT2D eigenvalue weighted by atomic mass is 9.53. The Hall–Kier alpha value is -0.660. The highest BCUT2D eigenvalue weighted by Gasteiger charge is 2.66. The molecule has 2 heteroatoms. The minimum absolute atomic E-state index is 0.300. The van der Waals surface area contributed by atoms with E-state index in [9.17, 15) is 9.59 Å². The van der Waals surface area contributed by atoms with Gasteiger partial charge in [0, 0.05) is 23.7 Å². The van der Waals surface area contributed by atoms with Crippen molar-refractivity contribution in [3.05, 3.63) is 0 Å². The van der Waals surface area contributed by atoms with Crippen LogP contribution in [0.5, 0.6) is 0 Å². The third-order valence-corrected chi connectivity index (χ3v) is 14.5. The fourth-order valence-electron chi connectivity index (χ4n) is 12.5. The second kappa shape index (κ2) is 19.5. The van der Waals surface area contributed by atoms with Gasteiger partial charge in [0.05, 0.1) is 0 Å². The first-order valence-corrected chi connectivity index (χ1v) is 21.8. The number of carbonyl (C=O) groups is 2. The van der Waals surface area contributed by atoms with Crippen LogP contribution < -0.4 is 0 Å². The Bertz CT molecular complexity index is 820. The topological polar surface area (TPSA) is 34.1 Å². The van der Waals surface area contributed by atoms with E-state index < -0.39 is 0 Å². The SMILES string of the molecule is CCCCCCCCCCCCC1C2C(=O)C3CCCCC3C2C(CCCCCCCCCCCC)C2C(=O)C3CCCCC3C12. The van der Waals surface area contributed by atoms with Crippen LogP contribution in [0.2, 0.25) is 0 Å². The average molecular weight is 637 g/mol.